The van der Waals surface area contributed by atoms with Crippen molar-refractivity contribution in [1.82, 2.24) is 0 Å². The second-order valence-corrected chi connectivity index (χ2v) is 6.64. The molecule has 0 bridgehead atoms. The molecule has 0 aliphatic rings. The van der Waals surface area contributed by atoms with Gasteiger partial charge in [-0.15, -0.1) is 0 Å². The standard InChI is InChI=1S/C20H27NO3/c1-6-13-23-20(4,5)19(22)21-17-11-12-18(24-14(2)3)16-10-8-7-9-15(16)17/h7-12,14H,6,13H2,1-5H3,(H,21,22). The van der Waals surface area contributed by atoms with Crippen molar-refractivity contribution < 1.29 is 14.3 Å². The highest BCUT2D eigenvalue weighted by Gasteiger charge is 2.28. The van der Waals surface area contributed by atoms with Gasteiger partial charge in [-0.3, -0.25) is 4.79 Å². The molecule has 0 radical (unpaired) electrons. The molecule has 0 aromatic heterocycles. The Kier molecular flexibility index (Phi) is 5.84. The average Bonchev–Trinajstić information content (AvgIpc) is 2.54. The lowest BCUT2D eigenvalue weighted by molar-refractivity contribution is -0.137. The third-order valence-electron chi connectivity index (χ3n) is 3.71. The SMILES string of the molecule is CCCOC(C)(C)C(=O)Nc1ccc(OC(C)C)c2ccccc12. The molecule has 2 aromatic rings. The van der Waals surface area contributed by atoms with Gasteiger partial charge in [-0.2, -0.15) is 0 Å². The van der Waals surface area contributed by atoms with Crippen LogP contribution < -0.4 is 10.1 Å². The molecule has 4 nitrogen and oxygen atoms in total. The van der Waals surface area contributed by atoms with Crippen molar-refractivity contribution in [3.63, 3.8) is 0 Å². The van der Waals surface area contributed by atoms with E-state index >= 15 is 0 Å². The van der Waals surface area contributed by atoms with E-state index in [-0.39, 0.29) is 12.0 Å². The van der Waals surface area contributed by atoms with E-state index < -0.39 is 5.60 Å². The molecule has 0 aliphatic carbocycles. The summed E-state index contributed by atoms with van der Waals surface area (Å²) in [4.78, 5) is 12.6. The number of hydrogen-bond acceptors (Lipinski definition) is 3. The summed E-state index contributed by atoms with van der Waals surface area (Å²) in [5.41, 5.74) is -0.107. The highest BCUT2D eigenvalue weighted by Crippen LogP contribution is 2.32. The van der Waals surface area contributed by atoms with Gasteiger partial charge in [0.25, 0.3) is 5.91 Å². The third-order valence-corrected chi connectivity index (χ3v) is 3.71. The second kappa shape index (κ2) is 7.67. The predicted molar refractivity (Wildman–Crippen MR) is 98.7 cm³/mol. The molecule has 4 heteroatoms. The van der Waals surface area contributed by atoms with Gasteiger partial charge in [0.1, 0.15) is 11.4 Å². The predicted octanol–water partition coefficient (Wildman–Crippen LogP) is 4.77. The maximum Gasteiger partial charge on any atom is 0.256 e. The van der Waals surface area contributed by atoms with E-state index in [1.54, 1.807) is 13.8 Å². The number of benzene rings is 2. The summed E-state index contributed by atoms with van der Waals surface area (Å²) in [5, 5.41) is 4.93. The number of carbonyl (C=O) groups is 1. The number of amides is 1. The molecule has 0 spiro atoms. The molecule has 1 N–H and O–H groups in total. The number of anilines is 1. The number of hydrogen-bond donors (Lipinski definition) is 1. The van der Waals surface area contributed by atoms with Gasteiger partial charge in [-0.1, -0.05) is 31.2 Å². The summed E-state index contributed by atoms with van der Waals surface area (Å²) in [6.07, 6.45) is 0.969. The van der Waals surface area contributed by atoms with Gasteiger partial charge in [0.15, 0.2) is 0 Å². The monoisotopic (exact) mass is 329 g/mol. The Morgan fingerprint density at radius 3 is 2.42 bits per heavy atom. The van der Waals surface area contributed by atoms with Crippen molar-refractivity contribution in [3.05, 3.63) is 36.4 Å². The molecule has 2 rings (SSSR count). The zero-order valence-electron chi connectivity index (χ0n) is 15.2. The van der Waals surface area contributed by atoms with Gasteiger partial charge in [0.2, 0.25) is 0 Å². The van der Waals surface area contributed by atoms with Crippen LogP contribution in [0.1, 0.15) is 41.0 Å². The second-order valence-electron chi connectivity index (χ2n) is 6.64. The maximum atomic E-state index is 12.6. The van der Waals surface area contributed by atoms with Crippen LogP contribution in [0.3, 0.4) is 0 Å². The normalized spacial score (nSPS) is 11.8. The Morgan fingerprint density at radius 1 is 1.12 bits per heavy atom. The number of fused-ring (bicyclic) bond motifs is 1. The molecule has 130 valence electrons. The molecule has 0 saturated heterocycles. The van der Waals surface area contributed by atoms with Crippen LogP contribution in [0.4, 0.5) is 5.69 Å². The van der Waals surface area contributed by atoms with E-state index in [2.05, 4.69) is 5.32 Å². The first-order valence-corrected chi connectivity index (χ1v) is 8.49. The summed E-state index contributed by atoms with van der Waals surface area (Å²) < 4.78 is 11.5. The Labute approximate surface area is 144 Å². The van der Waals surface area contributed by atoms with Crippen LogP contribution in [0.15, 0.2) is 36.4 Å². The summed E-state index contributed by atoms with van der Waals surface area (Å²) in [6, 6.07) is 11.7. The van der Waals surface area contributed by atoms with Gasteiger partial charge in [0.05, 0.1) is 6.10 Å². The fourth-order valence-electron chi connectivity index (χ4n) is 2.43. The van der Waals surface area contributed by atoms with Crippen LogP contribution in [0.5, 0.6) is 5.75 Å². The van der Waals surface area contributed by atoms with E-state index in [1.165, 1.54) is 0 Å². The zero-order chi connectivity index (χ0) is 17.7. The first kappa shape index (κ1) is 18.3. The molecule has 0 heterocycles. The molecule has 0 unspecified atom stereocenters. The summed E-state index contributed by atoms with van der Waals surface area (Å²) in [6.45, 7) is 10.2. The van der Waals surface area contributed by atoms with E-state index in [0.29, 0.717) is 6.61 Å². The lowest BCUT2D eigenvalue weighted by atomic mass is 10.1. The van der Waals surface area contributed by atoms with Crippen molar-refractivity contribution in [1.29, 1.82) is 0 Å². The summed E-state index contributed by atoms with van der Waals surface area (Å²) >= 11 is 0. The number of ether oxygens (including phenoxy) is 2. The van der Waals surface area contributed by atoms with Crippen molar-refractivity contribution in [2.24, 2.45) is 0 Å². The smallest absolute Gasteiger partial charge is 0.256 e. The third kappa shape index (κ3) is 4.26. The van der Waals surface area contributed by atoms with Gasteiger partial charge in [0, 0.05) is 23.1 Å². The number of carbonyl (C=O) groups excluding carboxylic acids is 1. The quantitative estimate of drug-likeness (QED) is 0.796. The highest BCUT2D eigenvalue weighted by molar-refractivity contribution is 6.06. The van der Waals surface area contributed by atoms with Crippen LogP contribution in [-0.4, -0.2) is 24.2 Å². The number of rotatable bonds is 7. The van der Waals surface area contributed by atoms with E-state index in [9.17, 15) is 4.79 Å². The largest absolute Gasteiger partial charge is 0.490 e. The molecule has 0 aliphatic heterocycles. The lowest BCUT2D eigenvalue weighted by Gasteiger charge is -2.24. The van der Waals surface area contributed by atoms with Gasteiger partial charge in [-0.25, -0.2) is 0 Å². The average molecular weight is 329 g/mol. The Hall–Kier alpha value is -2.07. The molecule has 0 fully saturated rings. The molecule has 0 saturated carbocycles. The first-order valence-electron chi connectivity index (χ1n) is 8.49. The molecular formula is C20H27NO3. The summed E-state index contributed by atoms with van der Waals surface area (Å²) in [5.74, 6) is 0.665. The van der Waals surface area contributed by atoms with Crippen LogP contribution in [0.2, 0.25) is 0 Å². The Morgan fingerprint density at radius 2 is 1.79 bits per heavy atom. The van der Waals surface area contributed by atoms with E-state index in [1.807, 2.05) is 57.2 Å². The lowest BCUT2D eigenvalue weighted by Crippen LogP contribution is -2.40. The van der Waals surface area contributed by atoms with Crippen LogP contribution in [0, 0.1) is 0 Å². The first-order chi connectivity index (χ1) is 11.3. The Bertz CT molecular complexity index is 707. The van der Waals surface area contributed by atoms with E-state index in [4.69, 9.17) is 9.47 Å². The number of nitrogens with one attached hydrogen (secondary N) is 1. The van der Waals surface area contributed by atoms with Gasteiger partial charge in [-0.05, 0) is 46.2 Å². The summed E-state index contributed by atoms with van der Waals surface area (Å²) in [7, 11) is 0. The maximum absolute atomic E-state index is 12.6. The van der Waals surface area contributed by atoms with Crippen LogP contribution >= 0.6 is 0 Å². The fraction of sp³-hybridized carbons (Fsp3) is 0.450. The molecular weight excluding hydrogens is 302 g/mol. The molecule has 24 heavy (non-hydrogen) atoms. The Balaban J connectivity index is 2.32. The minimum absolute atomic E-state index is 0.0928. The van der Waals surface area contributed by atoms with Crippen molar-refractivity contribution in [3.8, 4) is 5.75 Å². The molecule has 1 amide bonds. The van der Waals surface area contributed by atoms with Gasteiger partial charge >= 0.3 is 0 Å². The van der Waals surface area contributed by atoms with Gasteiger partial charge < -0.3 is 14.8 Å². The molecule has 2 aromatic carbocycles. The van der Waals surface area contributed by atoms with Crippen LogP contribution in [-0.2, 0) is 9.53 Å². The highest BCUT2D eigenvalue weighted by atomic mass is 16.5. The molecule has 0 atom stereocenters. The van der Waals surface area contributed by atoms with Crippen molar-refractivity contribution >= 4 is 22.4 Å². The van der Waals surface area contributed by atoms with Crippen molar-refractivity contribution in [2.45, 2.75) is 52.7 Å². The minimum Gasteiger partial charge on any atom is -0.490 e. The topological polar surface area (TPSA) is 47.6 Å². The van der Waals surface area contributed by atoms with Crippen molar-refractivity contribution in [2.75, 3.05) is 11.9 Å². The minimum atomic E-state index is -0.871. The fourth-order valence-corrected chi connectivity index (χ4v) is 2.43. The van der Waals surface area contributed by atoms with Crippen LogP contribution in [0.25, 0.3) is 10.8 Å². The van der Waals surface area contributed by atoms with E-state index in [0.717, 1.165) is 28.6 Å². The zero-order valence-corrected chi connectivity index (χ0v) is 15.2.